The summed E-state index contributed by atoms with van der Waals surface area (Å²) >= 11 is 0. The molecule has 0 aliphatic carbocycles. The predicted molar refractivity (Wildman–Crippen MR) is 94.8 cm³/mol. The molecule has 1 rings (SSSR count). The van der Waals surface area contributed by atoms with Crippen molar-refractivity contribution in [2.45, 2.75) is 86.2 Å². The molecular weight excluding hydrogens is 256 g/mol. The molecule has 1 aliphatic heterocycles. The Morgan fingerprint density at radius 2 is 1.62 bits per heavy atom. The van der Waals surface area contributed by atoms with Gasteiger partial charge in [0.15, 0.2) is 0 Å². The Morgan fingerprint density at radius 3 is 2.10 bits per heavy atom. The van der Waals surface area contributed by atoms with E-state index < -0.39 is 0 Å². The number of hydrogen-bond acceptors (Lipinski definition) is 2. The molecule has 0 spiro atoms. The summed E-state index contributed by atoms with van der Waals surface area (Å²) in [6.45, 7) is 22.5. The van der Waals surface area contributed by atoms with Crippen LogP contribution in [0.3, 0.4) is 0 Å². The van der Waals surface area contributed by atoms with Gasteiger partial charge in [-0.05, 0) is 64.2 Å². The molecule has 0 bridgehead atoms. The summed E-state index contributed by atoms with van der Waals surface area (Å²) in [6, 6.07) is 0.730. The first-order chi connectivity index (χ1) is 9.62. The van der Waals surface area contributed by atoms with Crippen LogP contribution in [0.1, 0.15) is 74.7 Å². The first kappa shape index (κ1) is 19.0. The molecule has 0 aromatic heterocycles. The summed E-state index contributed by atoms with van der Waals surface area (Å²) in [7, 11) is 0. The first-order valence-corrected chi connectivity index (χ1v) is 9.11. The molecule has 0 aromatic carbocycles. The molecule has 2 nitrogen and oxygen atoms in total. The summed E-state index contributed by atoms with van der Waals surface area (Å²) in [5.74, 6) is 1.67. The van der Waals surface area contributed by atoms with Gasteiger partial charge in [-0.25, -0.2) is 0 Å². The summed E-state index contributed by atoms with van der Waals surface area (Å²) in [6.07, 6.45) is 3.92. The minimum absolute atomic E-state index is 0.212. The molecule has 1 fully saturated rings. The van der Waals surface area contributed by atoms with E-state index in [1.165, 1.54) is 32.4 Å². The van der Waals surface area contributed by atoms with E-state index in [0.717, 1.165) is 24.4 Å². The van der Waals surface area contributed by atoms with Gasteiger partial charge in [-0.15, -0.1) is 0 Å². The third-order valence-corrected chi connectivity index (χ3v) is 5.75. The van der Waals surface area contributed by atoms with E-state index >= 15 is 0 Å². The third-order valence-electron chi connectivity index (χ3n) is 5.75. The molecule has 3 atom stereocenters. The van der Waals surface area contributed by atoms with Gasteiger partial charge in [-0.2, -0.15) is 0 Å². The molecule has 2 heteroatoms. The normalized spacial score (nSPS) is 28.9. The highest BCUT2D eigenvalue weighted by Crippen LogP contribution is 2.33. The van der Waals surface area contributed by atoms with Crippen LogP contribution in [0.4, 0.5) is 0 Å². The number of hydrogen-bond donors (Lipinski definition) is 1. The van der Waals surface area contributed by atoms with E-state index in [4.69, 9.17) is 0 Å². The van der Waals surface area contributed by atoms with E-state index in [1.807, 2.05) is 0 Å². The Morgan fingerprint density at radius 1 is 1.05 bits per heavy atom. The van der Waals surface area contributed by atoms with E-state index in [2.05, 4.69) is 65.6 Å². The lowest BCUT2D eigenvalue weighted by molar-refractivity contribution is 0.0299. The maximum atomic E-state index is 3.76. The second-order valence-electron chi connectivity index (χ2n) is 8.80. The van der Waals surface area contributed by atoms with E-state index in [-0.39, 0.29) is 5.54 Å². The van der Waals surface area contributed by atoms with Gasteiger partial charge in [0.1, 0.15) is 0 Å². The largest absolute Gasteiger partial charge is 0.311 e. The average Bonchev–Trinajstić information content (AvgIpc) is 2.39. The Labute approximate surface area is 134 Å². The fourth-order valence-electron chi connectivity index (χ4n) is 3.70. The molecule has 0 aromatic rings. The minimum atomic E-state index is 0.212. The zero-order valence-electron chi connectivity index (χ0n) is 15.9. The van der Waals surface area contributed by atoms with Crippen LogP contribution in [0.5, 0.6) is 0 Å². The smallest absolute Gasteiger partial charge is 0.00967 e. The highest BCUT2D eigenvalue weighted by atomic mass is 15.2. The van der Waals surface area contributed by atoms with Crippen LogP contribution in [0, 0.1) is 17.3 Å². The van der Waals surface area contributed by atoms with E-state index in [1.54, 1.807) is 0 Å². The number of piperidine rings is 1. The molecule has 1 N–H and O–H groups in total. The standard InChI is InChI=1S/C19H40N2/c1-9-19(10-2,13-20-18(6,7)8)14-21-12-15(3)11-16(4)17(21)5/h15-17,20H,9-14H2,1-8H3. The van der Waals surface area contributed by atoms with Crippen molar-refractivity contribution in [3.05, 3.63) is 0 Å². The summed E-state index contributed by atoms with van der Waals surface area (Å²) in [5, 5.41) is 3.76. The van der Waals surface area contributed by atoms with Gasteiger partial charge >= 0.3 is 0 Å². The van der Waals surface area contributed by atoms with Gasteiger partial charge in [0.05, 0.1) is 0 Å². The zero-order valence-corrected chi connectivity index (χ0v) is 15.9. The SMILES string of the molecule is CCC(CC)(CNC(C)(C)C)CN1CC(C)CC(C)C1C. The van der Waals surface area contributed by atoms with Crippen molar-refractivity contribution >= 4 is 0 Å². The topological polar surface area (TPSA) is 15.3 Å². The van der Waals surface area contributed by atoms with Crippen LogP contribution in [-0.4, -0.2) is 36.1 Å². The van der Waals surface area contributed by atoms with Gasteiger partial charge < -0.3 is 5.32 Å². The first-order valence-electron chi connectivity index (χ1n) is 9.11. The van der Waals surface area contributed by atoms with Crippen molar-refractivity contribution in [3.63, 3.8) is 0 Å². The van der Waals surface area contributed by atoms with Gasteiger partial charge in [0.25, 0.3) is 0 Å². The quantitative estimate of drug-likeness (QED) is 0.773. The number of rotatable bonds is 6. The molecule has 1 heterocycles. The molecule has 0 amide bonds. The van der Waals surface area contributed by atoms with Crippen molar-refractivity contribution < 1.29 is 0 Å². The van der Waals surface area contributed by atoms with Crippen molar-refractivity contribution in [2.24, 2.45) is 17.3 Å². The molecule has 1 saturated heterocycles. The van der Waals surface area contributed by atoms with Crippen LogP contribution in [0.15, 0.2) is 0 Å². The molecular formula is C19H40N2. The van der Waals surface area contributed by atoms with Crippen molar-refractivity contribution in [3.8, 4) is 0 Å². The Balaban J connectivity index is 2.76. The maximum absolute atomic E-state index is 3.76. The monoisotopic (exact) mass is 296 g/mol. The van der Waals surface area contributed by atoms with Crippen LogP contribution in [0.2, 0.25) is 0 Å². The molecule has 0 radical (unpaired) electrons. The fourth-order valence-corrected chi connectivity index (χ4v) is 3.70. The van der Waals surface area contributed by atoms with Crippen LogP contribution >= 0.6 is 0 Å². The number of nitrogens with zero attached hydrogens (tertiary/aromatic N) is 1. The molecule has 126 valence electrons. The summed E-state index contributed by atoms with van der Waals surface area (Å²) in [5.41, 5.74) is 0.627. The second-order valence-corrected chi connectivity index (χ2v) is 8.80. The Hall–Kier alpha value is -0.0800. The Bertz CT molecular complexity index is 301. The van der Waals surface area contributed by atoms with Crippen molar-refractivity contribution in [1.29, 1.82) is 0 Å². The van der Waals surface area contributed by atoms with Crippen LogP contribution < -0.4 is 5.32 Å². The van der Waals surface area contributed by atoms with Gasteiger partial charge in [-0.3, -0.25) is 4.90 Å². The number of likely N-dealkylation sites (tertiary alicyclic amines) is 1. The highest BCUT2D eigenvalue weighted by molar-refractivity contribution is 4.90. The lowest BCUT2D eigenvalue weighted by Crippen LogP contribution is -2.53. The van der Waals surface area contributed by atoms with Crippen molar-refractivity contribution in [2.75, 3.05) is 19.6 Å². The maximum Gasteiger partial charge on any atom is 0.00967 e. The molecule has 1 aliphatic rings. The van der Waals surface area contributed by atoms with Gasteiger partial charge in [-0.1, -0.05) is 27.7 Å². The minimum Gasteiger partial charge on any atom is -0.311 e. The van der Waals surface area contributed by atoms with Gasteiger partial charge in [0, 0.05) is 31.2 Å². The van der Waals surface area contributed by atoms with E-state index in [0.29, 0.717) is 5.41 Å². The zero-order chi connectivity index (χ0) is 16.3. The number of nitrogens with one attached hydrogen (secondary N) is 1. The van der Waals surface area contributed by atoms with E-state index in [9.17, 15) is 0 Å². The third kappa shape index (κ3) is 5.56. The highest BCUT2D eigenvalue weighted by Gasteiger charge is 2.35. The summed E-state index contributed by atoms with van der Waals surface area (Å²) in [4.78, 5) is 2.77. The fraction of sp³-hybridized carbons (Fsp3) is 1.00. The van der Waals surface area contributed by atoms with Crippen molar-refractivity contribution in [1.82, 2.24) is 10.2 Å². The predicted octanol–water partition coefficient (Wildman–Crippen LogP) is 4.55. The Kier molecular flexibility index (Phi) is 6.74. The molecule has 3 unspecified atom stereocenters. The van der Waals surface area contributed by atoms with Gasteiger partial charge in [0.2, 0.25) is 0 Å². The average molecular weight is 297 g/mol. The summed E-state index contributed by atoms with van der Waals surface area (Å²) < 4.78 is 0. The molecule has 21 heavy (non-hydrogen) atoms. The lowest BCUT2D eigenvalue weighted by Gasteiger charge is -2.47. The lowest BCUT2D eigenvalue weighted by atomic mass is 9.78. The molecule has 0 saturated carbocycles. The van der Waals surface area contributed by atoms with Crippen LogP contribution in [0.25, 0.3) is 0 Å². The van der Waals surface area contributed by atoms with Crippen LogP contribution in [-0.2, 0) is 0 Å². The second kappa shape index (κ2) is 7.46.